The van der Waals surface area contributed by atoms with Crippen LogP contribution in [-0.2, 0) is 9.05 Å². The zero-order valence-corrected chi connectivity index (χ0v) is 13.8. The lowest BCUT2D eigenvalue weighted by Crippen LogP contribution is -2.28. The SMILES string of the molecule is CCCCN(C)C(=O)c1cc(S(=O)(=O)Cl)cc(C)c1C. The minimum Gasteiger partial charge on any atom is -0.342 e. The smallest absolute Gasteiger partial charge is 0.261 e. The van der Waals surface area contributed by atoms with E-state index in [2.05, 4.69) is 6.92 Å². The first kappa shape index (κ1) is 17.0. The second kappa shape index (κ2) is 6.59. The normalized spacial score (nSPS) is 11.4. The van der Waals surface area contributed by atoms with E-state index >= 15 is 0 Å². The molecule has 112 valence electrons. The van der Waals surface area contributed by atoms with E-state index in [1.807, 2.05) is 0 Å². The number of carbonyl (C=O) groups excluding carboxylic acids is 1. The van der Waals surface area contributed by atoms with Crippen LogP contribution in [0.15, 0.2) is 17.0 Å². The van der Waals surface area contributed by atoms with Crippen molar-refractivity contribution in [1.29, 1.82) is 0 Å². The van der Waals surface area contributed by atoms with Gasteiger partial charge in [0.2, 0.25) is 0 Å². The van der Waals surface area contributed by atoms with Gasteiger partial charge in [0.15, 0.2) is 0 Å². The van der Waals surface area contributed by atoms with Crippen LogP contribution in [0, 0.1) is 13.8 Å². The first-order valence-corrected chi connectivity index (χ1v) is 8.80. The van der Waals surface area contributed by atoms with Crippen molar-refractivity contribution in [3.63, 3.8) is 0 Å². The molecule has 1 aromatic carbocycles. The summed E-state index contributed by atoms with van der Waals surface area (Å²) < 4.78 is 22.9. The van der Waals surface area contributed by atoms with Gasteiger partial charge in [0.1, 0.15) is 0 Å². The number of rotatable bonds is 5. The lowest BCUT2D eigenvalue weighted by atomic mass is 10.0. The molecule has 0 aromatic heterocycles. The van der Waals surface area contributed by atoms with Gasteiger partial charge < -0.3 is 4.90 Å². The molecule has 0 aliphatic heterocycles. The summed E-state index contributed by atoms with van der Waals surface area (Å²) in [7, 11) is 3.25. The molecule has 0 fully saturated rings. The average molecular weight is 318 g/mol. The number of carbonyl (C=O) groups is 1. The molecule has 0 unspecified atom stereocenters. The summed E-state index contributed by atoms with van der Waals surface area (Å²) in [5, 5.41) is 0. The lowest BCUT2D eigenvalue weighted by Gasteiger charge is -2.19. The molecule has 0 heterocycles. The molecule has 0 bridgehead atoms. The van der Waals surface area contributed by atoms with Crippen LogP contribution < -0.4 is 0 Å². The monoisotopic (exact) mass is 317 g/mol. The van der Waals surface area contributed by atoms with Gasteiger partial charge in [-0.25, -0.2) is 8.42 Å². The summed E-state index contributed by atoms with van der Waals surface area (Å²) in [4.78, 5) is 14.0. The fourth-order valence-electron chi connectivity index (χ4n) is 1.89. The van der Waals surface area contributed by atoms with Crippen molar-refractivity contribution in [1.82, 2.24) is 4.90 Å². The first-order chi connectivity index (χ1) is 9.18. The minimum atomic E-state index is -3.84. The number of hydrogen-bond donors (Lipinski definition) is 0. The van der Waals surface area contributed by atoms with Crippen molar-refractivity contribution >= 4 is 25.6 Å². The molecule has 1 amide bonds. The van der Waals surface area contributed by atoms with Crippen molar-refractivity contribution < 1.29 is 13.2 Å². The van der Waals surface area contributed by atoms with Crippen LogP contribution >= 0.6 is 10.7 Å². The zero-order chi connectivity index (χ0) is 15.5. The topological polar surface area (TPSA) is 54.5 Å². The fourth-order valence-corrected chi connectivity index (χ4v) is 2.74. The molecule has 0 saturated carbocycles. The van der Waals surface area contributed by atoms with Crippen LogP contribution in [0.1, 0.15) is 41.3 Å². The predicted octanol–water partition coefficient (Wildman–Crippen LogP) is 3.10. The number of amides is 1. The average Bonchev–Trinajstić information content (AvgIpc) is 2.36. The van der Waals surface area contributed by atoms with E-state index in [1.54, 1.807) is 25.8 Å². The summed E-state index contributed by atoms with van der Waals surface area (Å²) in [5.74, 6) is -0.179. The van der Waals surface area contributed by atoms with Crippen molar-refractivity contribution in [3.8, 4) is 0 Å². The van der Waals surface area contributed by atoms with E-state index in [9.17, 15) is 13.2 Å². The molecule has 1 rings (SSSR count). The predicted molar refractivity (Wildman–Crippen MR) is 80.8 cm³/mol. The summed E-state index contributed by atoms with van der Waals surface area (Å²) in [6, 6.07) is 2.84. The van der Waals surface area contributed by atoms with Gasteiger partial charge in [-0.1, -0.05) is 13.3 Å². The molecule has 0 aliphatic rings. The molecule has 6 heteroatoms. The summed E-state index contributed by atoms with van der Waals surface area (Å²) in [5.41, 5.74) is 1.91. The molecule has 0 atom stereocenters. The largest absolute Gasteiger partial charge is 0.342 e. The van der Waals surface area contributed by atoms with Crippen molar-refractivity contribution in [3.05, 3.63) is 28.8 Å². The number of hydrogen-bond acceptors (Lipinski definition) is 3. The molecule has 0 spiro atoms. The molecule has 1 aromatic rings. The number of unbranched alkanes of at least 4 members (excludes halogenated alkanes) is 1. The highest BCUT2D eigenvalue weighted by molar-refractivity contribution is 8.13. The number of halogens is 1. The number of benzene rings is 1. The zero-order valence-electron chi connectivity index (χ0n) is 12.2. The van der Waals surface area contributed by atoms with E-state index < -0.39 is 9.05 Å². The summed E-state index contributed by atoms with van der Waals surface area (Å²) in [6.07, 6.45) is 1.90. The van der Waals surface area contributed by atoms with Gasteiger partial charge in [-0.2, -0.15) is 0 Å². The van der Waals surface area contributed by atoms with Gasteiger partial charge in [-0.05, 0) is 43.5 Å². The summed E-state index contributed by atoms with van der Waals surface area (Å²) >= 11 is 0. The van der Waals surface area contributed by atoms with Gasteiger partial charge in [-0.15, -0.1) is 0 Å². The first-order valence-electron chi connectivity index (χ1n) is 6.49. The maximum Gasteiger partial charge on any atom is 0.261 e. The van der Waals surface area contributed by atoms with Gasteiger partial charge in [0, 0.05) is 29.8 Å². The Morgan fingerprint density at radius 3 is 2.40 bits per heavy atom. The molecule has 0 radical (unpaired) electrons. The van der Waals surface area contributed by atoms with E-state index in [-0.39, 0.29) is 10.8 Å². The van der Waals surface area contributed by atoms with Crippen LogP contribution in [0.5, 0.6) is 0 Å². The highest BCUT2D eigenvalue weighted by Crippen LogP contribution is 2.23. The van der Waals surface area contributed by atoms with E-state index in [4.69, 9.17) is 10.7 Å². The lowest BCUT2D eigenvalue weighted by molar-refractivity contribution is 0.0792. The molecular weight excluding hydrogens is 298 g/mol. The van der Waals surface area contributed by atoms with E-state index in [0.29, 0.717) is 12.1 Å². The Labute approximate surface area is 125 Å². The highest BCUT2D eigenvalue weighted by Gasteiger charge is 2.20. The molecule has 0 aliphatic carbocycles. The van der Waals surface area contributed by atoms with Gasteiger partial charge in [-0.3, -0.25) is 4.79 Å². The fraction of sp³-hybridized carbons (Fsp3) is 0.500. The van der Waals surface area contributed by atoms with Crippen LogP contribution in [0.3, 0.4) is 0 Å². The van der Waals surface area contributed by atoms with E-state index in [0.717, 1.165) is 24.0 Å². The Bertz CT molecular complexity index is 611. The van der Waals surface area contributed by atoms with Crippen LogP contribution in [0.4, 0.5) is 0 Å². The Balaban J connectivity index is 3.24. The maximum absolute atomic E-state index is 12.4. The van der Waals surface area contributed by atoms with Crippen molar-refractivity contribution in [2.45, 2.75) is 38.5 Å². The van der Waals surface area contributed by atoms with E-state index in [1.165, 1.54) is 12.1 Å². The van der Waals surface area contributed by atoms with Gasteiger partial charge in [0.05, 0.1) is 4.90 Å². The van der Waals surface area contributed by atoms with Crippen LogP contribution in [-0.4, -0.2) is 32.8 Å². The number of nitrogens with zero attached hydrogens (tertiary/aromatic N) is 1. The third kappa shape index (κ3) is 3.96. The minimum absolute atomic E-state index is 0.0329. The van der Waals surface area contributed by atoms with Crippen LogP contribution in [0.25, 0.3) is 0 Å². The second-order valence-electron chi connectivity index (χ2n) is 4.93. The quantitative estimate of drug-likeness (QED) is 0.784. The second-order valence-corrected chi connectivity index (χ2v) is 7.50. The third-order valence-electron chi connectivity index (χ3n) is 3.35. The maximum atomic E-state index is 12.4. The molecule has 4 nitrogen and oxygen atoms in total. The standard InChI is InChI=1S/C14H20ClNO3S/c1-5-6-7-16(4)14(17)13-9-12(20(15,18)19)8-10(2)11(13)3/h8-9H,5-7H2,1-4H3. The van der Waals surface area contributed by atoms with Crippen molar-refractivity contribution in [2.24, 2.45) is 0 Å². The van der Waals surface area contributed by atoms with Crippen LogP contribution in [0.2, 0.25) is 0 Å². The number of aryl methyl sites for hydroxylation is 1. The summed E-state index contributed by atoms with van der Waals surface area (Å²) in [6.45, 7) is 6.27. The Morgan fingerprint density at radius 1 is 1.30 bits per heavy atom. The molecule has 20 heavy (non-hydrogen) atoms. The van der Waals surface area contributed by atoms with Gasteiger partial charge >= 0.3 is 0 Å². The Hall–Kier alpha value is -1.07. The molecular formula is C14H20ClNO3S. The Morgan fingerprint density at radius 2 is 1.90 bits per heavy atom. The Kier molecular flexibility index (Phi) is 5.59. The molecule has 0 saturated heterocycles. The van der Waals surface area contributed by atoms with Gasteiger partial charge in [0.25, 0.3) is 15.0 Å². The highest BCUT2D eigenvalue weighted by atomic mass is 35.7. The molecule has 0 N–H and O–H groups in total. The van der Waals surface area contributed by atoms with Crippen molar-refractivity contribution in [2.75, 3.05) is 13.6 Å². The third-order valence-corrected chi connectivity index (χ3v) is 4.68.